The molecular weight excluding hydrogens is 252 g/mol. The highest BCUT2D eigenvalue weighted by molar-refractivity contribution is 5.81. The van der Waals surface area contributed by atoms with Crippen LogP contribution >= 0.6 is 0 Å². The zero-order chi connectivity index (χ0) is 14.4. The molecule has 0 aromatic carbocycles. The van der Waals surface area contributed by atoms with Gasteiger partial charge in [0.1, 0.15) is 5.76 Å². The van der Waals surface area contributed by atoms with E-state index >= 15 is 0 Å². The first-order valence-electron chi connectivity index (χ1n) is 7.74. The van der Waals surface area contributed by atoms with Crippen LogP contribution in [-0.2, 0) is 11.2 Å². The van der Waals surface area contributed by atoms with Gasteiger partial charge in [0.15, 0.2) is 0 Å². The van der Waals surface area contributed by atoms with E-state index in [0.717, 1.165) is 25.0 Å². The summed E-state index contributed by atoms with van der Waals surface area (Å²) in [7, 11) is 0. The van der Waals surface area contributed by atoms with Crippen LogP contribution < -0.4 is 10.6 Å². The van der Waals surface area contributed by atoms with Crippen LogP contribution in [0.4, 0.5) is 0 Å². The Morgan fingerprint density at radius 2 is 2.10 bits per heavy atom. The highest BCUT2D eigenvalue weighted by Gasteiger charge is 2.20. The Hall–Kier alpha value is -1.29. The maximum absolute atomic E-state index is 12.2. The predicted molar refractivity (Wildman–Crippen MR) is 79.5 cm³/mol. The van der Waals surface area contributed by atoms with E-state index in [1.165, 1.54) is 19.3 Å². The van der Waals surface area contributed by atoms with Crippen molar-refractivity contribution in [2.45, 2.75) is 70.5 Å². The summed E-state index contributed by atoms with van der Waals surface area (Å²) in [5.74, 6) is 1.06. The molecule has 1 aromatic heterocycles. The van der Waals surface area contributed by atoms with Crippen LogP contribution in [0.25, 0.3) is 0 Å². The molecule has 2 rings (SSSR count). The van der Waals surface area contributed by atoms with Crippen molar-refractivity contribution in [1.29, 1.82) is 0 Å². The summed E-state index contributed by atoms with van der Waals surface area (Å²) in [4.78, 5) is 12.2. The summed E-state index contributed by atoms with van der Waals surface area (Å²) in [5.41, 5.74) is 0. The smallest absolute Gasteiger partial charge is 0.237 e. The molecule has 1 fully saturated rings. The normalized spacial score (nSPS) is 19.5. The number of carbonyl (C=O) groups is 1. The van der Waals surface area contributed by atoms with Crippen LogP contribution in [0.3, 0.4) is 0 Å². The summed E-state index contributed by atoms with van der Waals surface area (Å²) < 4.78 is 5.33. The van der Waals surface area contributed by atoms with Gasteiger partial charge in [0, 0.05) is 18.5 Å². The Labute approximate surface area is 121 Å². The number of nitrogens with one attached hydrogen (secondary N) is 2. The highest BCUT2D eigenvalue weighted by atomic mass is 16.3. The minimum Gasteiger partial charge on any atom is -0.469 e. The van der Waals surface area contributed by atoms with Gasteiger partial charge in [0.05, 0.1) is 12.3 Å². The second-order valence-electron chi connectivity index (χ2n) is 5.92. The van der Waals surface area contributed by atoms with E-state index in [2.05, 4.69) is 17.6 Å². The van der Waals surface area contributed by atoms with Crippen molar-refractivity contribution in [3.05, 3.63) is 24.2 Å². The maximum atomic E-state index is 12.2. The van der Waals surface area contributed by atoms with Gasteiger partial charge in [-0.05, 0) is 38.8 Å². The van der Waals surface area contributed by atoms with Gasteiger partial charge in [-0.2, -0.15) is 0 Å². The minimum absolute atomic E-state index is 0.114. The SMILES string of the molecule is CC(Cc1ccco1)NC(C)C(=O)NC1CCCCC1. The Kier molecular flexibility index (Phi) is 5.65. The molecule has 0 aliphatic heterocycles. The fourth-order valence-corrected chi connectivity index (χ4v) is 2.87. The number of hydrogen-bond acceptors (Lipinski definition) is 3. The van der Waals surface area contributed by atoms with Crippen LogP contribution in [0.1, 0.15) is 51.7 Å². The standard InChI is InChI=1S/C16H26N2O2/c1-12(11-15-9-6-10-20-15)17-13(2)16(19)18-14-7-4-3-5-8-14/h6,9-10,12-14,17H,3-5,7-8,11H2,1-2H3,(H,18,19). The number of amides is 1. The van der Waals surface area contributed by atoms with Crippen molar-refractivity contribution >= 4 is 5.91 Å². The number of hydrogen-bond donors (Lipinski definition) is 2. The highest BCUT2D eigenvalue weighted by Crippen LogP contribution is 2.17. The van der Waals surface area contributed by atoms with E-state index in [-0.39, 0.29) is 18.0 Å². The summed E-state index contributed by atoms with van der Waals surface area (Å²) in [5, 5.41) is 6.49. The quantitative estimate of drug-likeness (QED) is 0.841. The van der Waals surface area contributed by atoms with E-state index in [0.29, 0.717) is 6.04 Å². The molecule has 2 N–H and O–H groups in total. The molecule has 20 heavy (non-hydrogen) atoms. The molecule has 1 amide bonds. The average Bonchev–Trinajstić information content (AvgIpc) is 2.92. The average molecular weight is 278 g/mol. The lowest BCUT2D eigenvalue weighted by Crippen LogP contribution is -2.49. The fourth-order valence-electron chi connectivity index (χ4n) is 2.87. The topological polar surface area (TPSA) is 54.3 Å². The van der Waals surface area contributed by atoms with Crippen molar-refractivity contribution in [2.75, 3.05) is 0 Å². The van der Waals surface area contributed by atoms with Gasteiger partial charge in [0.25, 0.3) is 0 Å². The lowest BCUT2D eigenvalue weighted by molar-refractivity contribution is -0.123. The Balaban J connectivity index is 1.72. The molecule has 4 nitrogen and oxygen atoms in total. The lowest BCUT2D eigenvalue weighted by atomic mass is 9.95. The van der Waals surface area contributed by atoms with E-state index in [1.54, 1.807) is 6.26 Å². The Bertz CT molecular complexity index is 397. The zero-order valence-corrected chi connectivity index (χ0v) is 12.5. The van der Waals surface area contributed by atoms with Crippen LogP contribution in [0.5, 0.6) is 0 Å². The molecule has 0 spiro atoms. The van der Waals surface area contributed by atoms with Crippen molar-refractivity contribution < 1.29 is 9.21 Å². The van der Waals surface area contributed by atoms with Crippen LogP contribution in [0.2, 0.25) is 0 Å². The molecule has 112 valence electrons. The van der Waals surface area contributed by atoms with Gasteiger partial charge >= 0.3 is 0 Å². The first kappa shape index (κ1) is 15.1. The van der Waals surface area contributed by atoms with Gasteiger partial charge in [0.2, 0.25) is 5.91 Å². The molecule has 4 heteroatoms. The molecular formula is C16H26N2O2. The van der Waals surface area contributed by atoms with Crippen LogP contribution in [0.15, 0.2) is 22.8 Å². The van der Waals surface area contributed by atoms with Crippen LogP contribution in [-0.4, -0.2) is 24.0 Å². The third-order valence-corrected chi connectivity index (χ3v) is 3.97. The number of furan rings is 1. The third kappa shape index (κ3) is 4.67. The molecule has 1 aromatic rings. The molecule has 1 aliphatic carbocycles. The molecule has 0 saturated heterocycles. The second-order valence-corrected chi connectivity index (χ2v) is 5.92. The zero-order valence-electron chi connectivity index (χ0n) is 12.5. The van der Waals surface area contributed by atoms with Crippen molar-refractivity contribution in [3.8, 4) is 0 Å². The van der Waals surface area contributed by atoms with Crippen molar-refractivity contribution in [3.63, 3.8) is 0 Å². The number of rotatable bonds is 6. The van der Waals surface area contributed by atoms with E-state index in [4.69, 9.17) is 4.42 Å². The molecule has 0 bridgehead atoms. The monoisotopic (exact) mass is 278 g/mol. The molecule has 1 aliphatic rings. The Morgan fingerprint density at radius 3 is 2.75 bits per heavy atom. The third-order valence-electron chi connectivity index (χ3n) is 3.97. The number of carbonyl (C=O) groups excluding carboxylic acids is 1. The summed E-state index contributed by atoms with van der Waals surface area (Å²) in [6.07, 6.45) is 8.51. The predicted octanol–water partition coefficient (Wildman–Crippen LogP) is 2.64. The largest absolute Gasteiger partial charge is 0.469 e. The molecule has 1 heterocycles. The summed E-state index contributed by atoms with van der Waals surface area (Å²) in [6.45, 7) is 4.00. The fraction of sp³-hybridized carbons (Fsp3) is 0.688. The molecule has 2 unspecified atom stereocenters. The Morgan fingerprint density at radius 1 is 1.35 bits per heavy atom. The van der Waals surface area contributed by atoms with Gasteiger partial charge in [-0.1, -0.05) is 19.3 Å². The lowest BCUT2D eigenvalue weighted by Gasteiger charge is -2.26. The van der Waals surface area contributed by atoms with Gasteiger partial charge in [-0.25, -0.2) is 0 Å². The summed E-state index contributed by atoms with van der Waals surface area (Å²) in [6, 6.07) is 4.28. The van der Waals surface area contributed by atoms with Crippen molar-refractivity contribution in [2.24, 2.45) is 0 Å². The van der Waals surface area contributed by atoms with Crippen molar-refractivity contribution in [1.82, 2.24) is 10.6 Å². The first-order chi connectivity index (χ1) is 9.65. The molecule has 1 saturated carbocycles. The van der Waals surface area contributed by atoms with E-state index in [9.17, 15) is 4.79 Å². The summed E-state index contributed by atoms with van der Waals surface area (Å²) >= 11 is 0. The van der Waals surface area contributed by atoms with Crippen LogP contribution in [0, 0.1) is 0 Å². The molecule has 0 radical (unpaired) electrons. The van der Waals surface area contributed by atoms with E-state index < -0.39 is 0 Å². The second kappa shape index (κ2) is 7.48. The van der Waals surface area contributed by atoms with E-state index in [1.807, 2.05) is 19.1 Å². The minimum atomic E-state index is -0.165. The maximum Gasteiger partial charge on any atom is 0.237 e. The first-order valence-corrected chi connectivity index (χ1v) is 7.74. The van der Waals surface area contributed by atoms with Gasteiger partial charge in [-0.15, -0.1) is 0 Å². The van der Waals surface area contributed by atoms with Gasteiger partial charge < -0.3 is 15.1 Å². The molecule has 2 atom stereocenters. The van der Waals surface area contributed by atoms with Gasteiger partial charge in [-0.3, -0.25) is 4.79 Å².